The average molecular weight is 304 g/mol. The molecule has 3 N–H and O–H groups in total. The van der Waals surface area contributed by atoms with E-state index in [0.29, 0.717) is 11.1 Å². The van der Waals surface area contributed by atoms with Gasteiger partial charge in [-0.15, -0.1) is 0 Å². The molecule has 0 aliphatic carbocycles. The third-order valence-electron chi connectivity index (χ3n) is 2.28. The maximum atomic E-state index is 13.6. The Labute approximate surface area is 104 Å². The molecule has 0 spiro atoms. The molecule has 0 aliphatic rings. The van der Waals surface area contributed by atoms with Crippen molar-refractivity contribution >= 4 is 21.7 Å². The zero-order valence-electron chi connectivity index (χ0n) is 8.72. The van der Waals surface area contributed by atoms with Crippen molar-refractivity contribution in [1.82, 2.24) is 10.2 Å². The van der Waals surface area contributed by atoms with Crippen molar-refractivity contribution in [2.45, 2.75) is 0 Å². The summed E-state index contributed by atoms with van der Waals surface area (Å²) in [6, 6.07) is 1.39. The fraction of sp³-hybridized carbons (Fsp3) is 0.100. The van der Waals surface area contributed by atoms with Gasteiger partial charge in [0.15, 0.2) is 11.6 Å². The van der Waals surface area contributed by atoms with Crippen LogP contribution in [0.2, 0.25) is 0 Å². The molecular weight excluding hydrogens is 296 g/mol. The number of nitrogens with one attached hydrogen (secondary N) is 1. The van der Waals surface area contributed by atoms with Gasteiger partial charge in [-0.1, -0.05) is 0 Å². The monoisotopic (exact) mass is 303 g/mol. The molecule has 2 aromatic rings. The Hall–Kier alpha value is -1.63. The molecule has 1 heterocycles. The first kappa shape index (κ1) is 11.8. The molecule has 0 saturated heterocycles. The van der Waals surface area contributed by atoms with Crippen molar-refractivity contribution in [3.8, 4) is 16.9 Å². The molecule has 0 fully saturated rings. The average Bonchev–Trinajstić information content (AvgIpc) is 2.72. The molecular formula is C10H8BrF2N3O. The summed E-state index contributed by atoms with van der Waals surface area (Å²) in [7, 11) is 1.26. The van der Waals surface area contributed by atoms with Gasteiger partial charge in [0.1, 0.15) is 5.82 Å². The predicted molar refractivity (Wildman–Crippen MR) is 62.6 cm³/mol. The van der Waals surface area contributed by atoms with Crippen LogP contribution in [0.5, 0.6) is 5.75 Å². The third-order valence-corrected chi connectivity index (χ3v) is 2.86. The lowest BCUT2D eigenvalue weighted by Crippen LogP contribution is -1.98. The van der Waals surface area contributed by atoms with Crippen LogP contribution in [0.1, 0.15) is 0 Å². The molecule has 0 atom stereocenters. The fourth-order valence-corrected chi connectivity index (χ4v) is 1.89. The van der Waals surface area contributed by atoms with Gasteiger partial charge < -0.3 is 10.5 Å². The highest BCUT2D eigenvalue weighted by Gasteiger charge is 2.21. The van der Waals surface area contributed by atoms with Crippen LogP contribution < -0.4 is 10.5 Å². The highest BCUT2D eigenvalue weighted by Crippen LogP contribution is 2.38. The summed E-state index contributed by atoms with van der Waals surface area (Å²) in [5, 5.41) is 6.23. The molecule has 0 saturated carbocycles. The lowest BCUT2D eigenvalue weighted by Gasteiger charge is -2.10. The van der Waals surface area contributed by atoms with Crippen LogP contribution in [0.3, 0.4) is 0 Å². The summed E-state index contributed by atoms with van der Waals surface area (Å²) in [6.07, 6.45) is 1.41. The first-order valence-electron chi connectivity index (χ1n) is 4.57. The number of aromatic nitrogens is 2. The number of nitrogen functional groups attached to an aromatic ring is 1. The molecule has 0 aliphatic heterocycles. The number of aromatic amines is 1. The lowest BCUT2D eigenvalue weighted by atomic mass is 10.1. The fourth-order valence-electron chi connectivity index (χ4n) is 1.49. The maximum Gasteiger partial charge on any atom is 0.202 e. The molecule has 2 rings (SSSR count). The minimum Gasteiger partial charge on any atom is -0.493 e. The van der Waals surface area contributed by atoms with Crippen molar-refractivity contribution in [2.75, 3.05) is 12.8 Å². The largest absolute Gasteiger partial charge is 0.493 e. The Kier molecular flexibility index (Phi) is 3.01. The highest BCUT2D eigenvalue weighted by atomic mass is 79.9. The smallest absolute Gasteiger partial charge is 0.202 e. The number of H-pyrrole nitrogens is 1. The molecule has 7 heteroatoms. The van der Waals surface area contributed by atoms with Gasteiger partial charge in [-0.05, 0) is 22.0 Å². The second kappa shape index (κ2) is 4.33. The predicted octanol–water partition coefficient (Wildman–Crippen LogP) is 2.71. The molecule has 17 heavy (non-hydrogen) atoms. The summed E-state index contributed by atoms with van der Waals surface area (Å²) in [5.74, 6) is -2.04. The minimum atomic E-state index is -1.07. The van der Waals surface area contributed by atoms with E-state index in [1.54, 1.807) is 0 Å². The number of benzene rings is 1. The van der Waals surface area contributed by atoms with E-state index in [2.05, 4.69) is 26.1 Å². The van der Waals surface area contributed by atoms with Gasteiger partial charge in [0.05, 0.1) is 17.8 Å². The van der Waals surface area contributed by atoms with Gasteiger partial charge in [0.2, 0.25) is 5.82 Å². The summed E-state index contributed by atoms with van der Waals surface area (Å²) >= 11 is 2.93. The van der Waals surface area contributed by atoms with E-state index in [1.165, 1.54) is 19.4 Å². The van der Waals surface area contributed by atoms with Crippen LogP contribution in [0.25, 0.3) is 11.1 Å². The Balaban J connectivity index is 2.74. The lowest BCUT2D eigenvalue weighted by molar-refractivity contribution is 0.372. The van der Waals surface area contributed by atoms with Crippen LogP contribution in [-0.2, 0) is 0 Å². The molecule has 1 aromatic carbocycles. The highest BCUT2D eigenvalue weighted by molar-refractivity contribution is 9.10. The SMILES string of the molecule is COc1c(-c2cn[nH]c2N)cc(Br)c(F)c1F. The second-order valence-corrected chi connectivity index (χ2v) is 4.12. The van der Waals surface area contributed by atoms with Crippen LogP contribution >= 0.6 is 15.9 Å². The molecule has 4 nitrogen and oxygen atoms in total. The summed E-state index contributed by atoms with van der Waals surface area (Å²) in [6.45, 7) is 0. The van der Waals surface area contributed by atoms with Gasteiger partial charge in [-0.3, -0.25) is 5.10 Å². The zero-order valence-corrected chi connectivity index (χ0v) is 10.3. The number of nitrogens with two attached hydrogens (primary N) is 1. The topological polar surface area (TPSA) is 63.9 Å². The molecule has 90 valence electrons. The molecule has 0 bridgehead atoms. The number of methoxy groups -OCH3 is 1. The van der Waals surface area contributed by atoms with Gasteiger partial charge in [0, 0.05) is 11.1 Å². The first-order valence-corrected chi connectivity index (χ1v) is 5.36. The van der Waals surface area contributed by atoms with Crippen LogP contribution in [0.4, 0.5) is 14.6 Å². The van der Waals surface area contributed by atoms with E-state index in [0.717, 1.165) is 0 Å². The number of halogens is 3. The zero-order chi connectivity index (χ0) is 12.6. The molecule has 0 unspecified atom stereocenters. The Morgan fingerprint density at radius 3 is 2.59 bits per heavy atom. The van der Waals surface area contributed by atoms with E-state index in [1.807, 2.05) is 0 Å². The number of nitrogens with zero attached hydrogens (tertiary/aromatic N) is 1. The number of rotatable bonds is 2. The van der Waals surface area contributed by atoms with Crippen molar-refractivity contribution < 1.29 is 13.5 Å². The Morgan fingerprint density at radius 2 is 2.06 bits per heavy atom. The second-order valence-electron chi connectivity index (χ2n) is 3.26. The number of anilines is 1. The summed E-state index contributed by atoms with van der Waals surface area (Å²) in [4.78, 5) is 0. The van der Waals surface area contributed by atoms with E-state index in [4.69, 9.17) is 10.5 Å². The quantitative estimate of drug-likeness (QED) is 0.839. The van der Waals surface area contributed by atoms with Crippen molar-refractivity contribution in [1.29, 1.82) is 0 Å². The molecule has 0 amide bonds. The van der Waals surface area contributed by atoms with E-state index >= 15 is 0 Å². The van der Waals surface area contributed by atoms with E-state index in [-0.39, 0.29) is 16.0 Å². The van der Waals surface area contributed by atoms with Gasteiger partial charge in [-0.25, -0.2) is 4.39 Å². The first-order chi connectivity index (χ1) is 8.06. The van der Waals surface area contributed by atoms with Crippen molar-refractivity contribution in [3.63, 3.8) is 0 Å². The number of hydrogen-bond donors (Lipinski definition) is 2. The third kappa shape index (κ3) is 1.86. The van der Waals surface area contributed by atoms with Crippen LogP contribution in [0, 0.1) is 11.6 Å². The standard InChI is InChI=1S/C10H8BrF2N3O/c1-17-9-4(5-3-15-16-10(5)14)2-6(11)7(12)8(9)13/h2-3H,1H3,(H3,14,15,16). The Bertz CT molecular complexity index is 571. The van der Waals surface area contributed by atoms with Gasteiger partial charge >= 0.3 is 0 Å². The normalized spacial score (nSPS) is 10.6. The molecule has 1 aromatic heterocycles. The molecule has 0 radical (unpaired) electrons. The summed E-state index contributed by atoms with van der Waals surface area (Å²) < 4.78 is 31.8. The van der Waals surface area contributed by atoms with Gasteiger partial charge in [-0.2, -0.15) is 9.49 Å². The maximum absolute atomic E-state index is 13.6. The van der Waals surface area contributed by atoms with Crippen LogP contribution in [0.15, 0.2) is 16.7 Å². The summed E-state index contributed by atoms with van der Waals surface area (Å²) in [5.41, 5.74) is 6.40. The minimum absolute atomic E-state index is 0.00796. The van der Waals surface area contributed by atoms with Crippen LogP contribution in [-0.4, -0.2) is 17.3 Å². The van der Waals surface area contributed by atoms with Crippen molar-refractivity contribution in [2.24, 2.45) is 0 Å². The van der Waals surface area contributed by atoms with E-state index < -0.39 is 11.6 Å². The van der Waals surface area contributed by atoms with E-state index in [9.17, 15) is 8.78 Å². The number of ether oxygens (including phenoxy) is 1. The Morgan fingerprint density at radius 1 is 1.35 bits per heavy atom. The van der Waals surface area contributed by atoms with Gasteiger partial charge in [0.25, 0.3) is 0 Å². The van der Waals surface area contributed by atoms with Crippen molar-refractivity contribution in [3.05, 3.63) is 28.4 Å². The number of hydrogen-bond acceptors (Lipinski definition) is 3.